The van der Waals surface area contributed by atoms with Crippen LogP contribution in [-0.4, -0.2) is 54.9 Å². The van der Waals surface area contributed by atoms with Crippen LogP contribution in [0.2, 0.25) is 0 Å². The molecule has 2 aromatic rings. The van der Waals surface area contributed by atoms with E-state index >= 15 is 0 Å². The topological polar surface area (TPSA) is 110 Å². The number of carbonyl (C=O) groups excluding carboxylic acids is 1. The van der Waals surface area contributed by atoms with E-state index in [1.807, 2.05) is 18.2 Å². The van der Waals surface area contributed by atoms with E-state index in [1.54, 1.807) is 17.0 Å². The van der Waals surface area contributed by atoms with Crippen molar-refractivity contribution in [2.75, 3.05) is 26.2 Å². The first-order chi connectivity index (χ1) is 12.0. The summed E-state index contributed by atoms with van der Waals surface area (Å²) in [4.78, 5) is 14.1. The van der Waals surface area contributed by atoms with E-state index in [2.05, 4.69) is 9.68 Å². The van der Waals surface area contributed by atoms with E-state index in [9.17, 15) is 13.2 Å². The van der Waals surface area contributed by atoms with Crippen molar-refractivity contribution in [1.82, 2.24) is 14.4 Å². The lowest BCUT2D eigenvalue weighted by Crippen LogP contribution is -2.52. The first-order valence-electron chi connectivity index (χ1n) is 7.94. The van der Waals surface area contributed by atoms with Crippen molar-refractivity contribution >= 4 is 15.9 Å². The van der Waals surface area contributed by atoms with Crippen molar-refractivity contribution < 1.29 is 17.7 Å². The number of nitrogens with zero attached hydrogens (tertiary/aromatic N) is 3. The van der Waals surface area contributed by atoms with E-state index in [-0.39, 0.29) is 24.7 Å². The highest BCUT2D eigenvalue weighted by atomic mass is 32.2. The molecule has 1 saturated heterocycles. The minimum Gasteiger partial charge on any atom is -0.364 e. The lowest BCUT2D eigenvalue weighted by atomic mass is 10.1. The molecule has 1 aromatic carbocycles. The monoisotopic (exact) mass is 364 g/mol. The molecule has 1 aliphatic heterocycles. The molecule has 0 aliphatic carbocycles. The summed E-state index contributed by atoms with van der Waals surface area (Å²) < 4.78 is 30.8. The summed E-state index contributed by atoms with van der Waals surface area (Å²) in [5.74, 6) is -0.402. The average Bonchev–Trinajstić information content (AvgIpc) is 3.13. The molecule has 0 radical (unpaired) electrons. The van der Waals surface area contributed by atoms with Crippen LogP contribution in [0, 0.1) is 0 Å². The number of amides is 1. The Morgan fingerprint density at radius 1 is 1.16 bits per heavy atom. The SMILES string of the molecule is NC(C(=O)N1CCN(S(=O)(=O)Cc2ccon2)CC1)c1ccccc1. The van der Waals surface area contributed by atoms with Gasteiger partial charge in [0.15, 0.2) is 0 Å². The summed E-state index contributed by atoms with van der Waals surface area (Å²) in [6.45, 7) is 1.12. The van der Waals surface area contributed by atoms with Gasteiger partial charge in [-0.05, 0) is 5.56 Å². The third kappa shape index (κ3) is 4.06. The van der Waals surface area contributed by atoms with Crippen molar-refractivity contribution in [3.05, 3.63) is 53.9 Å². The van der Waals surface area contributed by atoms with Crippen LogP contribution < -0.4 is 5.73 Å². The Morgan fingerprint density at radius 3 is 2.44 bits per heavy atom. The van der Waals surface area contributed by atoms with Crippen LogP contribution in [0.3, 0.4) is 0 Å². The number of benzene rings is 1. The van der Waals surface area contributed by atoms with Crippen LogP contribution in [0.5, 0.6) is 0 Å². The predicted octanol–water partition coefficient (Wildman–Crippen LogP) is 0.349. The third-order valence-electron chi connectivity index (χ3n) is 4.19. The summed E-state index contributed by atoms with van der Waals surface area (Å²) >= 11 is 0. The molecule has 1 aliphatic rings. The van der Waals surface area contributed by atoms with Crippen molar-refractivity contribution in [1.29, 1.82) is 0 Å². The molecular weight excluding hydrogens is 344 g/mol. The van der Waals surface area contributed by atoms with Crippen molar-refractivity contribution in [2.45, 2.75) is 11.8 Å². The number of sulfonamides is 1. The zero-order valence-corrected chi connectivity index (χ0v) is 14.4. The molecule has 9 heteroatoms. The van der Waals surface area contributed by atoms with Crippen LogP contribution in [0.15, 0.2) is 47.2 Å². The first-order valence-corrected chi connectivity index (χ1v) is 9.55. The van der Waals surface area contributed by atoms with Gasteiger partial charge in [0.05, 0.1) is 5.69 Å². The highest BCUT2D eigenvalue weighted by Crippen LogP contribution is 2.17. The number of hydrogen-bond donors (Lipinski definition) is 1. The molecule has 0 spiro atoms. The minimum absolute atomic E-state index is 0.195. The molecule has 134 valence electrons. The number of piperazine rings is 1. The zero-order chi connectivity index (χ0) is 17.9. The maximum absolute atomic E-state index is 12.5. The van der Waals surface area contributed by atoms with Crippen molar-refractivity contribution in [2.24, 2.45) is 5.73 Å². The van der Waals surface area contributed by atoms with E-state index in [0.29, 0.717) is 18.8 Å². The largest absolute Gasteiger partial charge is 0.364 e. The summed E-state index contributed by atoms with van der Waals surface area (Å²) in [7, 11) is -3.49. The average molecular weight is 364 g/mol. The van der Waals surface area contributed by atoms with Crippen molar-refractivity contribution in [3.63, 3.8) is 0 Å². The minimum atomic E-state index is -3.49. The maximum Gasteiger partial charge on any atom is 0.244 e. The molecule has 0 bridgehead atoms. The standard InChI is InChI=1S/C16H20N4O4S/c17-15(13-4-2-1-3-5-13)16(21)19-7-9-20(10-8-19)25(22,23)12-14-6-11-24-18-14/h1-6,11,15H,7-10,12,17H2. The smallest absolute Gasteiger partial charge is 0.244 e. The molecule has 1 fully saturated rings. The highest BCUT2D eigenvalue weighted by molar-refractivity contribution is 7.88. The van der Waals surface area contributed by atoms with Crippen LogP contribution in [0.25, 0.3) is 0 Å². The quantitative estimate of drug-likeness (QED) is 0.820. The highest BCUT2D eigenvalue weighted by Gasteiger charge is 2.31. The number of carbonyl (C=O) groups is 1. The molecule has 1 amide bonds. The van der Waals surface area contributed by atoms with E-state index in [1.165, 1.54) is 16.6 Å². The molecular formula is C16H20N4O4S. The Kier molecular flexibility index (Phi) is 5.16. The molecule has 25 heavy (non-hydrogen) atoms. The van der Waals surface area contributed by atoms with Crippen molar-refractivity contribution in [3.8, 4) is 0 Å². The van der Waals surface area contributed by atoms with Gasteiger partial charge >= 0.3 is 0 Å². The fourth-order valence-corrected chi connectivity index (χ4v) is 4.20. The van der Waals surface area contributed by atoms with Gasteiger partial charge in [-0.2, -0.15) is 4.31 Å². The molecule has 2 heterocycles. The van der Waals surface area contributed by atoms with Gasteiger partial charge in [0, 0.05) is 32.2 Å². The number of nitrogens with two attached hydrogens (primary N) is 1. The maximum atomic E-state index is 12.5. The van der Waals surface area contributed by atoms with E-state index in [4.69, 9.17) is 5.73 Å². The molecule has 1 unspecified atom stereocenters. The summed E-state index contributed by atoms with van der Waals surface area (Å²) in [6.07, 6.45) is 1.34. The number of aromatic nitrogens is 1. The fraction of sp³-hybridized carbons (Fsp3) is 0.375. The second kappa shape index (κ2) is 7.34. The molecule has 0 saturated carbocycles. The lowest BCUT2D eigenvalue weighted by Gasteiger charge is -2.35. The van der Waals surface area contributed by atoms with Gasteiger partial charge in [-0.3, -0.25) is 4.79 Å². The van der Waals surface area contributed by atoms with E-state index < -0.39 is 16.1 Å². The van der Waals surface area contributed by atoms with Gasteiger partial charge in [-0.15, -0.1) is 0 Å². The molecule has 1 atom stereocenters. The Morgan fingerprint density at radius 2 is 1.84 bits per heavy atom. The number of rotatable bonds is 5. The van der Waals surface area contributed by atoms with Gasteiger partial charge in [0.2, 0.25) is 15.9 Å². The van der Waals surface area contributed by atoms with Gasteiger partial charge in [0.1, 0.15) is 18.1 Å². The molecule has 1 aromatic heterocycles. The van der Waals surface area contributed by atoms with Gasteiger partial charge in [0.25, 0.3) is 0 Å². The fourth-order valence-electron chi connectivity index (χ4n) is 2.78. The van der Waals surface area contributed by atoms with Crippen LogP contribution in [0.4, 0.5) is 0 Å². The molecule has 2 N–H and O–H groups in total. The van der Waals surface area contributed by atoms with Crippen LogP contribution >= 0.6 is 0 Å². The normalized spacial score (nSPS) is 17.4. The summed E-state index contributed by atoms with van der Waals surface area (Å²) in [5.41, 5.74) is 7.15. The molecule has 8 nitrogen and oxygen atoms in total. The van der Waals surface area contributed by atoms with Gasteiger partial charge in [-0.25, -0.2) is 8.42 Å². The Labute approximate surface area is 146 Å². The lowest BCUT2D eigenvalue weighted by molar-refractivity contribution is -0.133. The number of hydrogen-bond acceptors (Lipinski definition) is 6. The Balaban J connectivity index is 1.59. The Bertz CT molecular complexity index is 800. The third-order valence-corrected chi connectivity index (χ3v) is 6.00. The second-order valence-electron chi connectivity index (χ2n) is 5.86. The summed E-state index contributed by atoms with van der Waals surface area (Å²) in [5, 5.41) is 3.63. The van der Waals surface area contributed by atoms with Gasteiger partial charge < -0.3 is 15.2 Å². The second-order valence-corrected chi connectivity index (χ2v) is 7.83. The van der Waals surface area contributed by atoms with Crippen LogP contribution in [0.1, 0.15) is 17.3 Å². The summed E-state index contributed by atoms with van der Waals surface area (Å²) in [6, 6.07) is 9.92. The first kappa shape index (κ1) is 17.6. The Hall–Kier alpha value is -2.23. The zero-order valence-electron chi connectivity index (χ0n) is 13.6. The molecule has 3 rings (SSSR count). The van der Waals surface area contributed by atoms with Crippen LogP contribution in [-0.2, 0) is 20.6 Å². The predicted molar refractivity (Wildman–Crippen MR) is 90.7 cm³/mol. The van der Waals surface area contributed by atoms with E-state index in [0.717, 1.165) is 5.56 Å². The van der Waals surface area contributed by atoms with Gasteiger partial charge in [-0.1, -0.05) is 35.5 Å².